The van der Waals surface area contributed by atoms with E-state index in [1.165, 1.54) is 0 Å². The molecule has 27 heavy (non-hydrogen) atoms. The molecule has 3 rings (SSSR count). The molecule has 0 saturated carbocycles. The minimum atomic E-state index is -0.125. The predicted octanol–water partition coefficient (Wildman–Crippen LogP) is 3.53. The molecular weight excluding hydrogens is 338 g/mol. The van der Waals surface area contributed by atoms with Crippen molar-refractivity contribution in [2.75, 3.05) is 18.0 Å². The van der Waals surface area contributed by atoms with E-state index in [9.17, 15) is 4.79 Å². The Morgan fingerprint density at radius 2 is 1.85 bits per heavy atom. The largest absolute Gasteiger partial charge is 0.339 e. The lowest BCUT2D eigenvalue weighted by atomic mass is 9.82. The maximum atomic E-state index is 12.7. The number of piperidine rings is 1. The highest BCUT2D eigenvalue weighted by Gasteiger charge is 2.29. The number of urea groups is 1. The fourth-order valence-electron chi connectivity index (χ4n) is 3.53. The van der Waals surface area contributed by atoms with Gasteiger partial charge in [0.1, 0.15) is 0 Å². The van der Waals surface area contributed by atoms with Crippen LogP contribution in [0.2, 0.25) is 0 Å². The number of carbonyl (C=O) groups excluding carboxylic acids is 1. The Labute approximate surface area is 161 Å². The Balaban J connectivity index is 1.62. The van der Waals surface area contributed by atoms with Crippen molar-refractivity contribution in [3.8, 4) is 0 Å². The van der Waals surface area contributed by atoms with Crippen LogP contribution in [0.4, 0.5) is 10.7 Å². The Hall–Kier alpha value is -2.63. The molecule has 0 bridgehead atoms. The second-order valence-electron chi connectivity index (χ2n) is 8.16. The van der Waals surface area contributed by atoms with E-state index >= 15 is 0 Å². The summed E-state index contributed by atoms with van der Waals surface area (Å²) in [6, 6.07) is 11.8. The highest BCUT2D eigenvalue weighted by molar-refractivity contribution is 5.75. The van der Waals surface area contributed by atoms with Crippen molar-refractivity contribution in [1.29, 1.82) is 0 Å². The number of carbonyl (C=O) groups is 1. The van der Waals surface area contributed by atoms with Gasteiger partial charge < -0.3 is 15.5 Å². The number of hydrogen-bond donors (Lipinski definition) is 2. The molecule has 2 amide bonds. The second kappa shape index (κ2) is 8.37. The van der Waals surface area contributed by atoms with Gasteiger partial charge in [0.15, 0.2) is 0 Å². The highest BCUT2D eigenvalue weighted by atomic mass is 16.2. The lowest BCUT2D eigenvalue weighted by Crippen LogP contribution is -2.52. The summed E-state index contributed by atoms with van der Waals surface area (Å²) in [5.41, 5.74) is 1.03. The van der Waals surface area contributed by atoms with Crippen LogP contribution in [-0.4, -0.2) is 35.1 Å². The van der Waals surface area contributed by atoms with Gasteiger partial charge in [0.25, 0.3) is 0 Å². The number of benzene rings is 1. The van der Waals surface area contributed by atoms with Crippen molar-refractivity contribution in [2.45, 2.75) is 45.7 Å². The molecule has 6 heteroatoms. The van der Waals surface area contributed by atoms with Crippen LogP contribution in [0, 0.1) is 5.41 Å². The zero-order valence-electron chi connectivity index (χ0n) is 16.4. The molecule has 1 aromatic carbocycles. The summed E-state index contributed by atoms with van der Waals surface area (Å²) in [5, 5.41) is 6.32. The first-order valence-electron chi connectivity index (χ1n) is 9.57. The van der Waals surface area contributed by atoms with Crippen molar-refractivity contribution >= 4 is 12.0 Å². The van der Waals surface area contributed by atoms with Gasteiger partial charge in [0, 0.05) is 31.5 Å². The minimum Gasteiger partial charge on any atom is -0.339 e. The van der Waals surface area contributed by atoms with Gasteiger partial charge in [-0.1, -0.05) is 51.1 Å². The quantitative estimate of drug-likeness (QED) is 0.867. The van der Waals surface area contributed by atoms with E-state index in [4.69, 9.17) is 0 Å². The Morgan fingerprint density at radius 3 is 2.52 bits per heavy atom. The molecule has 2 unspecified atom stereocenters. The number of aromatic nitrogens is 2. The van der Waals surface area contributed by atoms with E-state index in [-0.39, 0.29) is 23.5 Å². The summed E-state index contributed by atoms with van der Waals surface area (Å²) in [4.78, 5) is 23.5. The van der Waals surface area contributed by atoms with Crippen LogP contribution in [0.15, 0.2) is 48.8 Å². The van der Waals surface area contributed by atoms with E-state index < -0.39 is 0 Å². The fourth-order valence-corrected chi connectivity index (χ4v) is 3.53. The molecule has 0 radical (unpaired) electrons. The van der Waals surface area contributed by atoms with Gasteiger partial charge in [0.05, 0.1) is 6.04 Å². The Bertz CT molecular complexity index is 729. The maximum Gasteiger partial charge on any atom is 0.315 e. The average Bonchev–Trinajstić information content (AvgIpc) is 2.67. The second-order valence-corrected chi connectivity index (χ2v) is 8.16. The topological polar surface area (TPSA) is 70.2 Å². The van der Waals surface area contributed by atoms with Crippen molar-refractivity contribution in [3.63, 3.8) is 0 Å². The number of rotatable bonds is 4. The summed E-state index contributed by atoms with van der Waals surface area (Å²) in [6.07, 6.45) is 5.46. The molecule has 1 aliphatic rings. The normalized spacial score (nSPS) is 18.6. The van der Waals surface area contributed by atoms with Gasteiger partial charge >= 0.3 is 6.03 Å². The highest BCUT2D eigenvalue weighted by Crippen LogP contribution is 2.32. The van der Waals surface area contributed by atoms with E-state index in [0.29, 0.717) is 0 Å². The summed E-state index contributed by atoms with van der Waals surface area (Å²) in [7, 11) is 0. The lowest BCUT2D eigenvalue weighted by molar-refractivity contribution is 0.213. The summed E-state index contributed by atoms with van der Waals surface area (Å²) >= 11 is 0. The van der Waals surface area contributed by atoms with Gasteiger partial charge in [-0.25, -0.2) is 14.8 Å². The molecule has 1 saturated heterocycles. The minimum absolute atomic E-state index is 0.0594. The average molecular weight is 367 g/mol. The molecule has 2 heterocycles. The van der Waals surface area contributed by atoms with Crippen LogP contribution in [-0.2, 0) is 0 Å². The molecule has 6 nitrogen and oxygen atoms in total. The third kappa shape index (κ3) is 5.18. The number of amides is 2. The molecule has 2 aromatic rings. The van der Waals surface area contributed by atoms with Gasteiger partial charge in [-0.3, -0.25) is 0 Å². The molecule has 144 valence electrons. The predicted molar refractivity (Wildman–Crippen MR) is 108 cm³/mol. The van der Waals surface area contributed by atoms with Crippen LogP contribution in [0.25, 0.3) is 0 Å². The Kier molecular flexibility index (Phi) is 5.94. The summed E-state index contributed by atoms with van der Waals surface area (Å²) in [5.74, 6) is 0.723. The third-order valence-corrected chi connectivity index (χ3v) is 4.87. The van der Waals surface area contributed by atoms with Crippen molar-refractivity contribution in [3.05, 3.63) is 54.4 Å². The van der Waals surface area contributed by atoms with Gasteiger partial charge in [-0.2, -0.15) is 0 Å². The zero-order chi connectivity index (χ0) is 19.3. The maximum absolute atomic E-state index is 12.7. The zero-order valence-corrected chi connectivity index (χ0v) is 16.4. The van der Waals surface area contributed by atoms with Crippen molar-refractivity contribution in [1.82, 2.24) is 20.6 Å². The van der Waals surface area contributed by atoms with Crippen molar-refractivity contribution < 1.29 is 4.79 Å². The number of anilines is 1. The van der Waals surface area contributed by atoms with E-state index in [1.54, 1.807) is 12.4 Å². The van der Waals surface area contributed by atoms with E-state index in [1.807, 2.05) is 24.3 Å². The molecule has 1 fully saturated rings. The smallest absolute Gasteiger partial charge is 0.315 e. The number of nitrogens with one attached hydrogen (secondary N) is 2. The molecule has 1 aliphatic heterocycles. The van der Waals surface area contributed by atoms with Gasteiger partial charge in [-0.15, -0.1) is 0 Å². The molecule has 2 atom stereocenters. The first kappa shape index (κ1) is 19.1. The SMILES string of the molecule is CC(C)(C)C(NC(=O)NC1CCCN(c2ncccn2)C1)c1ccccc1. The fraction of sp³-hybridized carbons (Fsp3) is 0.476. The van der Waals surface area contributed by atoms with Crippen LogP contribution in [0.5, 0.6) is 0 Å². The first-order valence-corrected chi connectivity index (χ1v) is 9.57. The van der Waals surface area contributed by atoms with Gasteiger partial charge in [-0.05, 0) is 29.9 Å². The molecular formula is C21H29N5O. The monoisotopic (exact) mass is 367 g/mol. The molecule has 2 N–H and O–H groups in total. The summed E-state index contributed by atoms with van der Waals surface area (Å²) < 4.78 is 0. The number of hydrogen-bond acceptors (Lipinski definition) is 4. The third-order valence-electron chi connectivity index (χ3n) is 4.87. The van der Waals surface area contributed by atoms with E-state index in [0.717, 1.165) is 37.4 Å². The van der Waals surface area contributed by atoms with E-state index in [2.05, 4.69) is 58.4 Å². The van der Waals surface area contributed by atoms with Crippen LogP contribution < -0.4 is 15.5 Å². The lowest BCUT2D eigenvalue weighted by Gasteiger charge is -2.35. The molecule has 0 spiro atoms. The van der Waals surface area contributed by atoms with Crippen LogP contribution >= 0.6 is 0 Å². The van der Waals surface area contributed by atoms with Crippen LogP contribution in [0.1, 0.15) is 45.2 Å². The standard InChI is InChI=1S/C21H29N5O/c1-21(2,3)18(16-9-5-4-6-10-16)25-20(27)24-17-11-7-14-26(15-17)19-22-12-8-13-23-19/h4-6,8-10,12-13,17-18H,7,11,14-15H2,1-3H3,(H2,24,25,27). The Morgan fingerprint density at radius 1 is 1.15 bits per heavy atom. The molecule has 0 aliphatic carbocycles. The molecule has 1 aromatic heterocycles. The number of nitrogens with zero attached hydrogens (tertiary/aromatic N) is 3. The van der Waals surface area contributed by atoms with Gasteiger partial charge in [0.2, 0.25) is 5.95 Å². The summed E-state index contributed by atoms with van der Waals surface area (Å²) in [6.45, 7) is 8.06. The van der Waals surface area contributed by atoms with Crippen LogP contribution in [0.3, 0.4) is 0 Å². The first-order chi connectivity index (χ1) is 12.9. The van der Waals surface area contributed by atoms with Crippen molar-refractivity contribution in [2.24, 2.45) is 5.41 Å².